The van der Waals surface area contributed by atoms with Crippen molar-refractivity contribution < 1.29 is 23.8 Å². The molecule has 1 saturated heterocycles. The Morgan fingerprint density at radius 1 is 1.00 bits per heavy atom. The average Bonchev–Trinajstić information content (AvgIpc) is 3.67. The minimum atomic E-state index is -0.412. The summed E-state index contributed by atoms with van der Waals surface area (Å²) in [5, 5.41) is 4.03. The molecule has 0 bridgehead atoms. The molecule has 0 aliphatic carbocycles. The predicted molar refractivity (Wildman–Crippen MR) is 162 cm³/mol. The van der Waals surface area contributed by atoms with Crippen LogP contribution in [0.4, 0.5) is 5.95 Å². The van der Waals surface area contributed by atoms with E-state index >= 15 is 0 Å². The van der Waals surface area contributed by atoms with E-state index in [1.807, 2.05) is 24.4 Å². The Morgan fingerprint density at radius 3 is 2.33 bits per heavy atom. The molecule has 1 aromatic heterocycles. The summed E-state index contributed by atoms with van der Waals surface area (Å²) in [5.74, 6) is 0.654. The van der Waals surface area contributed by atoms with E-state index in [-0.39, 0.29) is 31.0 Å². The van der Waals surface area contributed by atoms with Gasteiger partial charge in [0.2, 0.25) is 11.9 Å². The summed E-state index contributed by atoms with van der Waals surface area (Å²) < 4.78 is 18.4. The van der Waals surface area contributed by atoms with Crippen molar-refractivity contribution in [3.05, 3.63) is 88.5 Å². The second kappa shape index (κ2) is 13.3. The Balaban J connectivity index is 1.44. The van der Waals surface area contributed by atoms with Crippen molar-refractivity contribution in [3.8, 4) is 28.4 Å². The third kappa shape index (κ3) is 6.87. The zero-order valence-electron chi connectivity index (χ0n) is 23.2. The maximum Gasteiger partial charge on any atom is 0.254 e. The number of carbonyl (C=O) groups excluding carboxylic acids is 2. The number of amides is 2. The number of halogens is 2. The van der Waals surface area contributed by atoms with E-state index in [1.54, 1.807) is 67.3 Å². The number of imidazole rings is 1. The zero-order valence-corrected chi connectivity index (χ0v) is 24.7. The molecule has 11 heteroatoms. The number of anilines is 1. The van der Waals surface area contributed by atoms with E-state index in [2.05, 4.69) is 5.32 Å². The molecule has 3 aromatic carbocycles. The lowest BCUT2D eigenvalue weighted by molar-refractivity contribution is -0.117. The van der Waals surface area contributed by atoms with Crippen molar-refractivity contribution in [1.29, 1.82) is 0 Å². The molecule has 218 valence electrons. The fourth-order valence-electron chi connectivity index (χ4n) is 4.77. The Labute approximate surface area is 253 Å². The molecule has 1 aliphatic rings. The molecule has 42 heavy (non-hydrogen) atoms. The second-order valence-electron chi connectivity index (χ2n) is 9.74. The van der Waals surface area contributed by atoms with Gasteiger partial charge in [-0.3, -0.25) is 19.5 Å². The first-order valence-corrected chi connectivity index (χ1v) is 14.1. The molecule has 0 saturated carbocycles. The average molecular weight is 610 g/mol. The van der Waals surface area contributed by atoms with Crippen LogP contribution in [0.3, 0.4) is 0 Å². The normalized spacial score (nSPS) is 14.4. The molecular formula is C31H30Cl2N4O5. The Morgan fingerprint density at radius 2 is 1.69 bits per heavy atom. The summed E-state index contributed by atoms with van der Waals surface area (Å²) in [6, 6.07) is 19.2. The van der Waals surface area contributed by atoms with Crippen molar-refractivity contribution in [2.75, 3.05) is 39.2 Å². The smallest absolute Gasteiger partial charge is 0.254 e. The molecular weight excluding hydrogens is 579 g/mol. The summed E-state index contributed by atoms with van der Waals surface area (Å²) in [7, 11) is 3.12. The van der Waals surface area contributed by atoms with Crippen LogP contribution in [-0.2, 0) is 9.53 Å². The summed E-state index contributed by atoms with van der Waals surface area (Å²) in [5.41, 5.74) is 2.54. The number of hydrogen-bond donors (Lipinski definition) is 1. The lowest BCUT2D eigenvalue weighted by Crippen LogP contribution is -2.42. The molecule has 0 unspecified atom stereocenters. The van der Waals surface area contributed by atoms with Crippen LogP contribution in [-0.4, -0.2) is 66.3 Å². The van der Waals surface area contributed by atoms with Gasteiger partial charge in [0.1, 0.15) is 6.54 Å². The van der Waals surface area contributed by atoms with Gasteiger partial charge in [-0.2, -0.15) is 0 Å². The van der Waals surface area contributed by atoms with Crippen molar-refractivity contribution in [2.45, 2.75) is 18.9 Å². The highest BCUT2D eigenvalue weighted by atomic mass is 35.5. The van der Waals surface area contributed by atoms with E-state index in [4.69, 9.17) is 42.4 Å². The molecule has 2 heterocycles. The van der Waals surface area contributed by atoms with Gasteiger partial charge < -0.3 is 19.1 Å². The van der Waals surface area contributed by atoms with Crippen LogP contribution in [0, 0.1) is 0 Å². The molecule has 5 rings (SSSR count). The van der Waals surface area contributed by atoms with Gasteiger partial charge in [0, 0.05) is 46.6 Å². The summed E-state index contributed by atoms with van der Waals surface area (Å²) >= 11 is 12.1. The quantitative estimate of drug-likeness (QED) is 0.233. The lowest BCUT2D eigenvalue weighted by atomic mass is 10.1. The monoisotopic (exact) mass is 608 g/mol. The second-order valence-corrected chi connectivity index (χ2v) is 10.6. The van der Waals surface area contributed by atoms with Crippen molar-refractivity contribution in [3.63, 3.8) is 0 Å². The van der Waals surface area contributed by atoms with E-state index in [0.29, 0.717) is 45.1 Å². The molecule has 0 spiro atoms. The standard InChI is InChI=1S/C31H30Cl2N4O5/c1-40-27-14-13-24(16-28(27)41-2)37-18-26(20-5-9-22(32)10-6-20)34-31(37)35-29(38)19-36(17-25-4-3-15-42-25)30(39)21-7-11-23(33)12-8-21/h5-14,16,18,25H,3-4,15,17,19H2,1-2H3,(H,34,35,38)/t25-/m1/s1. The van der Waals surface area contributed by atoms with Crippen LogP contribution in [0.25, 0.3) is 16.9 Å². The van der Waals surface area contributed by atoms with Gasteiger partial charge in [0.15, 0.2) is 11.5 Å². The van der Waals surface area contributed by atoms with Gasteiger partial charge in [-0.05, 0) is 61.4 Å². The highest BCUT2D eigenvalue weighted by Gasteiger charge is 2.26. The van der Waals surface area contributed by atoms with Crippen LogP contribution in [0.2, 0.25) is 10.0 Å². The number of carbonyl (C=O) groups is 2. The third-order valence-corrected chi connectivity index (χ3v) is 7.41. The number of nitrogens with one attached hydrogen (secondary N) is 1. The van der Waals surface area contributed by atoms with E-state index in [1.165, 1.54) is 4.90 Å². The molecule has 1 fully saturated rings. The van der Waals surface area contributed by atoms with Crippen LogP contribution < -0.4 is 14.8 Å². The number of hydrogen-bond acceptors (Lipinski definition) is 6. The number of benzene rings is 3. The topological polar surface area (TPSA) is 94.9 Å². The predicted octanol–water partition coefficient (Wildman–Crippen LogP) is 6.12. The number of ether oxygens (including phenoxy) is 3. The van der Waals surface area contributed by atoms with E-state index in [9.17, 15) is 9.59 Å². The van der Waals surface area contributed by atoms with Gasteiger partial charge in [0.25, 0.3) is 5.91 Å². The third-order valence-electron chi connectivity index (χ3n) is 6.90. The minimum Gasteiger partial charge on any atom is -0.493 e. The van der Waals surface area contributed by atoms with E-state index in [0.717, 1.165) is 18.4 Å². The summed E-state index contributed by atoms with van der Waals surface area (Å²) in [6.07, 6.45) is 3.40. The Bertz CT molecular complexity index is 1550. The van der Waals surface area contributed by atoms with Gasteiger partial charge in [0.05, 0.1) is 31.7 Å². The van der Waals surface area contributed by atoms with Gasteiger partial charge in [-0.15, -0.1) is 0 Å². The summed E-state index contributed by atoms with van der Waals surface area (Å²) in [4.78, 5) is 33.2. The fraction of sp³-hybridized carbons (Fsp3) is 0.258. The lowest BCUT2D eigenvalue weighted by Gasteiger charge is -2.25. The number of methoxy groups -OCH3 is 2. The van der Waals surface area contributed by atoms with Gasteiger partial charge in [-0.25, -0.2) is 4.98 Å². The van der Waals surface area contributed by atoms with Gasteiger partial charge in [-0.1, -0.05) is 35.3 Å². The first kappa shape index (κ1) is 29.4. The Kier molecular flexibility index (Phi) is 9.31. The van der Waals surface area contributed by atoms with Crippen LogP contribution in [0.5, 0.6) is 11.5 Å². The highest BCUT2D eigenvalue weighted by Crippen LogP contribution is 2.32. The molecule has 0 radical (unpaired) electrons. The van der Waals surface area contributed by atoms with Crippen molar-refractivity contribution in [1.82, 2.24) is 14.5 Å². The molecule has 9 nitrogen and oxygen atoms in total. The largest absolute Gasteiger partial charge is 0.493 e. The highest BCUT2D eigenvalue weighted by molar-refractivity contribution is 6.31. The molecule has 1 N–H and O–H groups in total. The minimum absolute atomic E-state index is 0.140. The molecule has 1 atom stereocenters. The van der Waals surface area contributed by atoms with Crippen LogP contribution in [0.15, 0.2) is 72.9 Å². The first-order chi connectivity index (χ1) is 20.3. The summed E-state index contributed by atoms with van der Waals surface area (Å²) in [6.45, 7) is 0.724. The molecule has 2 amide bonds. The van der Waals surface area contributed by atoms with Crippen LogP contribution in [0.1, 0.15) is 23.2 Å². The Hall–Kier alpha value is -4.05. The van der Waals surface area contributed by atoms with E-state index < -0.39 is 5.91 Å². The maximum absolute atomic E-state index is 13.5. The van der Waals surface area contributed by atoms with Crippen molar-refractivity contribution in [2.24, 2.45) is 0 Å². The zero-order chi connectivity index (χ0) is 29.6. The fourth-order valence-corrected chi connectivity index (χ4v) is 5.02. The molecule has 1 aliphatic heterocycles. The SMILES string of the molecule is COc1ccc(-n2cc(-c3ccc(Cl)cc3)nc2NC(=O)CN(C[C@H]2CCCO2)C(=O)c2ccc(Cl)cc2)cc1OC. The number of rotatable bonds is 10. The van der Waals surface area contributed by atoms with Crippen LogP contribution >= 0.6 is 23.2 Å². The molecule has 4 aromatic rings. The number of nitrogens with zero attached hydrogens (tertiary/aromatic N) is 3. The van der Waals surface area contributed by atoms with Crippen molar-refractivity contribution >= 4 is 41.0 Å². The number of aromatic nitrogens is 2. The first-order valence-electron chi connectivity index (χ1n) is 13.4. The maximum atomic E-state index is 13.5. The van der Waals surface area contributed by atoms with Gasteiger partial charge >= 0.3 is 0 Å².